The number of ether oxygens (including phenoxy) is 2. The Morgan fingerprint density at radius 1 is 1.04 bits per heavy atom. The number of carbonyl (C=O) groups is 1. The predicted molar refractivity (Wildman–Crippen MR) is 110 cm³/mol. The molecule has 3 rings (SSSR count). The van der Waals surface area contributed by atoms with Crippen molar-refractivity contribution in [3.05, 3.63) is 94.5 Å². The number of hydrazone groups is 1. The van der Waals surface area contributed by atoms with E-state index in [1.54, 1.807) is 37.6 Å². The van der Waals surface area contributed by atoms with Gasteiger partial charge in [0.25, 0.3) is 5.91 Å². The zero-order chi connectivity index (χ0) is 19.8. The van der Waals surface area contributed by atoms with E-state index in [0.29, 0.717) is 28.7 Å². The molecule has 0 heterocycles. The van der Waals surface area contributed by atoms with Gasteiger partial charge in [0.2, 0.25) is 0 Å². The van der Waals surface area contributed by atoms with Gasteiger partial charge in [0.1, 0.15) is 18.1 Å². The number of nitrogens with zero attached hydrogens (tertiary/aromatic N) is 1. The molecule has 0 saturated carbocycles. The number of benzene rings is 3. The summed E-state index contributed by atoms with van der Waals surface area (Å²) >= 11 is 5.90. The summed E-state index contributed by atoms with van der Waals surface area (Å²) in [5.74, 6) is 1.05. The fourth-order valence-electron chi connectivity index (χ4n) is 2.43. The Labute approximate surface area is 168 Å². The highest BCUT2D eigenvalue weighted by atomic mass is 35.5. The summed E-state index contributed by atoms with van der Waals surface area (Å²) < 4.78 is 10.9. The van der Waals surface area contributed by atoms with Crippen molar-refractivity contribution in [2.24, 2.45) is 5.10 Å². The van der Waals surface area contributed by atoms with Crippen molar-refractivity contribution in [1.29, 1.82) is 0 Å². The van der Waals surface area contributed by atoms with E-state index < -0.39 is 0 Å². The van der Waals surface area contributed by atoms with Crippen molar-refractivity contribution < 1.29 is 14.3 Å². The average molecular weight is 395 g/mol. The van der Waals surface area contributed by atoms with Crippen LogP contribution in [0.15, 0.2) is 77.9 Å². The first-order valence-corrected chi connectivity index (χ1v) is 8.97. The Kier molecular flexibility index (Phi) is 6.65. The molecular weight excluding hydrogens is 376 g/mol. The quantitative estimate of drug-likeness (QED) is 0.467. The number of hydrogen-bond acceptors (Lipinski definition) is 4. The van der Waals surface area contributed by atoms with Gasteiger partial charge in [0, 0.05) is 16.1 Å². The summed E-state index contributed by atoms with van der Waals surface area (Å²) in [6.45, 7) is 0.403. The third-order valence-corrected chi connectivity index (χ3v) is 4.20. The van der Waals surface area contributed by atoms with Crippen LogP contribution in [0.3, 0.4) is 0 Å². The number of methoxy groups -OCH3 is 1. The SMILES string of the molecule is COc1ccc(C(=O)NN=Cc2ccccc2OCc2ccc(Cl)cc2)cc1. The van der Waals surface area contributed by atoms with Crippen LogP contribution < -0.4 is 14.9 Å². The Bertz CT molecular complexity index is 954. The van der Waals surface area contributed by atoms with Crippen molar-refractivity contribution in [3.63, 3.8) is 0 Å². The van der Waals surface area contributed by atoms with Gasteiger partial charge >= 0.3 is 0 Å². The molecule has 0 fully saturated rings. The molecule has 0 bridgehead atoms. The molecule has 1 N–H and O–H groups in total. The van der Waals surface area contributed by atoms with Crippen LogP contribution in [-0.4, -0.2) is 19.2 Å². The fraction of sp³-hybridized carbons (Fsp3) is 0.0909. The summed E-state index contributed by atoms with van der Waals surface area (Å²) in [5, 5.41) is 4.72. The summed E-state index contributed by atoms with van der Waals surface area (Å²) in [6, 6.07) is 21.7. The van der Waals surface area contributed by atoms with Crippen molar-refractivity contribution >= 4 is 23.7 Å². The minimum atomic E-state index is -0.307. The number of amides is 1. The second-order valence-corrected chi connectivity index (χ2v) is 6.32. The summed E-state index contributed by atoms with van der Waals surface area (Å²) in [4.78, 5) is 12.1. The third kappa shape index (κ3) is 5.34. The number of halogens is 1. The highest BCUT2D eigenvalue weighted by molar-refractivity contribution is 6.30. The zero-order valence-electron chi connectivity index (χ0n) is 15.3. The lowest BCUT2D eigenvalue weighted by atomic mass is 10.2. The Hall–Kier alpha value is -3.31. The minimum absolute atomic E-state index is 0.307. The largest absolute Gasteiger partial charge is 0.497 e. The molecule has 3 aromatic carbocycles. The first-order chi connectivity index (χ1) is 13.7. The second-order valence-electron chi connectivity index (χ2n) is 5.88. The summed E-state index contributed by atoms with van der Waals surface area (Å²) in [6.07, 6.45) is 1.55. The smallest absolute Gasteiger partial charge is 0.271 e. The second kappa shape index (κ2) is 9.58. The van der Waals surface area contributed by atoms with Gasteiger partial charge in [0.15, 0.2) is 0 Å². The molecule has 142 valence electrons. The van der Waals surface area contributed by atoms with Crippen molar-refractivity contribution in [3.8, 4) is 11.5 Å². The molecular formula is C22H19ClN2O3. The normalized spacial score (nSPS) is 10.6. The number of rotatable bonds is 7. The van der Waals surface area contributed by atoms with Gasteiger partial charge in [-0.2, -0.15) is 5.10 Å². The van der Waals surface area contributed by atoms with Crippen LogP contribution in [0.1, 0.15) is 21.5 Å². The van der Waals surface area contributed by atoms with Crippen molar-refractivity contribution in [1.82, 2.24) is 5.43 Å². The monoisotopic (exact) mass is 394 g/mol. The highest BCUT2D eigenvalue weighted by Crippen LogP contribution is 2.18. The van der Waals surface area contributed by atoms with E-state index in [1.165, 1.54) is 0 Å². The van der Waals surface area contributed by atoms with Gasteiger partial charge in [-0.1, -0.05) is 35.9 Å². The molecule has 0 aliphatic rings. The number of hydrogen-bond donors (Lipinski definition) is 1. The molecule has 0 saturated heterocycles. The van der Waals surface area contributed by atoms with E-state index in [-0.39, 0.29) is 5.91 Å². The molecule has 1 amide bonds. The molecule has 28 heavy (non-hydrogen) atoms. The van der Waals surface area contributed by atoms with Crippen LogP contribution in [0.25, 0.3) is 0 Å². The number of carbonyl (C=O) groups excluding carboxylic acids is 1. The minimum Gasteiger partial charge on any atom is -0.497 e. The predicted octanol–water partition coefficient (Wildman–Crippen LogP) is 4.69. The third-order valence-electron chi connectivity index (χ3n) is 3.95. The molecule has 0 unspecified atom stereocenters. The van der Waals surface area contributed by atoms with Crippen LogP contribution in [0.5, 0.6) is 11.5 Å². The Balaban J connectivity index is 1.61. The summed E-state index contributed by atoms with van der Waals surface area (Å²) in [5.41, 5.74) is 4.76. The molecule has 0 radical (unpaired) electrons. The van der Waals surface area contributed by atoms with E-state index in [2.05, 4.69) is 10.5 Å². The number of para-hydroxylation sites is 1. The molecule has 0 aliphatic carbocycles. The Morgan fingerprint density at radius 2 is 1.75 bits per heavy atom. The summed E-state index contributed by atoms with van der Waals surface area (Å²) in [7, 11) is 1.58. The van der Waals surface area contributed by atoms with Gasteiger partial charge in [0.05, 0.1) is 13.3 Å². The van der Waals surface area contributed by atoms with Gasteiger partial charge < -0.3 is 9.47 Å². The lowest BCUT2D eigenvalue weighted by molar-refractivity contribution is 0.0955. The average Bonchev–Trinajstić information content (AvgIpc) is 2.74. The van der Waals surface area contributed by atoms with Crippen molar-refractivity contribution in [2.75, 3.05) is 7.11 Å². The molecule has 0 atom stereocenters. The first-order valence-electron chi connectivity index (χ1n) is 8.59. The highest BCUT2D eigenvalue weighted by Gasteiger charge is 2.05. The molecule has 3 aromatic rings. The maximum Gasteiger partial charge on any atom is 0.271 e. The van der Waals surface area contributed by atoms with Crippen LogP contribution in [0.4, 0.5) is 0 Å². The van der Waals surface area contributed by atoms with Crippen LogP contribution in [0, 0.1) is 0 Å². The standard InChI is InChI=1S/C22H19ClN2O3/c1-27-20-12-8-17(9-13-20)22(26)25-24-14-18-4-2-3-5-21(18)28-15-16-6-10-19(23)11-7-16/h2-14H,15H2,1H3,(H,25,26). The molecule has 5 nitrogen and oxygen atoms in total. The molecule has 6 heteroatoms. The molecule has 0 spiro atoms. The van der Waals surface area contributed by atoms with Gasteiger partial charge in [-0.3, -0.25) is 4.79 Å². The first kappa shape index (κ1) is 19.5. The molecule has 0 aliphatic heterocycles. The van der Waals surface area contributed by atoms with Gasteiger partial charge in [-0.15, -0.1) is 0 Å². The van der Waals surface area contributed by atoms with E-state index >= 15 is 0 Å². The number of nitrogens with one attached hydrogen (secondary N) is 1. The fourth-order valence-corrected chi connectivity index (χ4v) is 2.55. The van der Waals surface area contributed by atoms with E-state index in [1.807, 2.05) is 48.5 Å². The molecule has 0 aromatic heterocycles. The zero-order valence-corrected chi connectivity index (χ0v) is 16.0. The lowest BCUT2D eigenvalue weighted by Crippen LogP contribution is -2.17. The van der Waals surface area contributed by atoms with Crippen LogP contribution in [-0.2, 0) is 6.61 Å². The van der Waals surface area contributed by atoms with Crippen molar-refractivity contribution in [2.45, 2.75) is 6.61 Å². The van der Waals surface area contributed by atoms with E-state index in [4.69, 9.17) is 21.1 Å². The van der Waals surface area contributed by atoms with E-state index in [0.717, 1.165) is 11.1 Å². The van der Waals surface area contributed by atoms with Crippen LogP contribution in [0.2, 0.25) is 5.02 Å². The topological polar surface area (TPSA) is 59.9 Å². The van der Waals surface area contributed by atoms with Gasteiger partial charge in [-0.05, 0) is 54.1 Å². The lowest BCUT2D eigenvalue weighted by Gasteiger charge is -2.09. The maximum atomic E-state index is 12.1. The Morgan fingerprint density at radius 3 is 2.46 bits per heavy atom. The maximum absolute atomic E-state index is 12.1. The van der Waals surface area contributed by atoms with Crippen LogP contribution >= 0.6 is 11.6 Å². The van der Waals surface area contributed by atoms with E-state index in [9.17, 15) is 4.79 Å². The van der Waals surface area contributed by atoms with Gasteiger partial charge in [-0.25, -0.2) is 5.43 Å².